The molecular formula is C12H14BrNO2. The van der Waals surface area contributed by atoms with Crippen molar-refractivity contribution < 1.29 is 9.53 Å². The monoisotopic (exact) mass is 283 g/mol. The lowest BCUT2D eigenvalue weighted by molar-refractivity contribution is 0.112. The number of rotatable bonds is 3. The fraction of sp³-hybridized carbons (Fsp3) is 0.417. The summed E-state index contributed by atoms with van der Waals surface area (Å²) in [6, 6.07) is 5.67. The predicted molar refractivity (Wildman–Crippen MR) is 67.2 cm³/mol. The summed E-state index contributed by atoms with van der Waals surface area (Å²) in [5.74, 6) is 0. The molecule has 1 aromatic carbocycles. The zero-order valence-corrected chi connectivity index (χ0v) is 10.7. The van der Waals surface area contributed by atoms with Crippen LogP contribution in [0.3, 0.4) is 0 Å². The third-order valence-corrected chi connectivity index (χ3v) is 3.56. The highest BCUT2D eigenvalue weighted by Gasteiger charge is 2.23. The number of methoxy groups -OCH3 is 1. The largest absolute Gasteiger partial charge is 0.380 e. The molecule has 1 aliphatic heterocycles. The van der Waals surface area contributed by atoms with Gasteiger partial charge in [0.05, 0.1) is 11.8 Å². The predicted octanol–water partition coefficient (Wildman–Crippen LogP) is 2.49. The summed E-state index contributed by atoms with van der Waals surface area (Å²) >= 11 is 3.50. The second kappa shape index (κ2) is 4.97. The number of nitrogens with zero attached hydrogens (tertiary/aromatic N) is 1. The Morgan fingerprint density at radius 1 is 1.56 bits per heavy atom. The van der Waals surface area contributed by atoms with Crippen molar-refractivity contribution in [3.05, 3.63) is 28.2 Å². The van der Waals surface area contributed by atoms with Gasteiger partial charge < -0.3 is 9.64 Å². The molecule has 0 N–H and O–H groups in total. The summed E-state index contributed by atoms with van der Waals surface area (Å²) in [7, 11) is 1.75. The van der Waals surface area contributed by atoms with E-state index in [9.17, 15) is 4.79 Å². The maximum atomic E-state index is 10.6. The van der Waals surface area contributed by atoms with Gasteiger partial charge in [0.25, 0.3) is 0 Å². The van der Waals surface area contributed by atoms with Crippen LogP contribution in [0.4, 0.5) is 5.69 Å². The average Bonchev–Trinajstić information content (AvgIpc) is 2.77. The molecule has 2 rings (SSSR count). The lowest BCUT2D eigenvalue weighted by Crippen LogP contribution is -2.22. The van der Waals surface area contributed by atoms with Gasteiger partial charge in [-0.25, -0.2) is 0 Å². The third-order valence-electron chi connectivity index (χ3n) is 2.93. The molecule has 1 atom stereocenters. The molecule has 0 aliphatic carbocycles. The summed E-state index contributed by atoms with van der Waals surface area (Å²) in [4.78, 5) is 12.9. The number of hydrogen-bond acceptors (Lipinski definition) is 3. The SMILES string of the molecule is COC1CCN(c2ccc(C=O)cc2Br)C1. The number of carbonyl (C=O) groups excluding carboxylic acids is 1. The van der Waals surface area contributed by atoms with Crippen molar-refractivity contribution in [1.29, 1.82) is 0 Å². The van der Waals surface area contributed by atoms with Crippen LogP contribution in [0.1, 0.15) is 16.8 Å². The number of ether oxygens (including phenoxy) is 1. The van der Waals surface area contributed by atoms with Crippen molar-refractivity contribution in [1.82, 2.24) is 0 Å². The highest BCUT2D eigenvalue weighted by Crippen LogP contribution is 2.30. The quantitative estimate of drug-likeness (QED) is 0.799. The van der Waals surface area contributed by atoms with E-state index in [-0.39, 0.29) is 0 Å². The van der Waals surface area contributed by atoms with Crippen LogP contribution in [0.15, 0.2) is 22.7 Å². The standard InChI is InChI=1S/C12H14BrNO2/c1-16-10-4-5-14(7-10)12-3-2-9(8-15)6-11(12)13/h2-3,6,8,10H,4-5,7H2,1H3. The zero-order valence-electron chi connectivity index (χ0n) is 9.15. The van der Waals surface area contributed by atoms with E-state index in [0.717, 1.165) is 36.0 Å². The highest BCUT2D eigenvalue weighted by atomic mass is 79.9. The number of anilines is 1. The van der Waals surface area contributed by atoms with E-state index in [1.165, 1.54) is 0 Å². The van der Waals surface area contributed by atoms with Crippen molar-refractivity contribution in [2.45, 2.75) is 12.5 Å². The van der Waals surface area contributed by atoms with E-state index in [0.29, 0.717) is 11.7 Å². The van der Waals surface area contributed by atoms with Gasteiger partial charge in [-0.3, -0.25) is 4.79 Å². The number of aldehydes is 1. The van der Waals surface area contributed by atoms with Crippen molar-refractivity contribution in [3.63, 3.8) is 0 Å². The first-order chi connectivity index (χ1) is 7.74. The van der Waals surface area contributed by atoms with Gasteiger partial charge in [-0.2, -0.15) is 0 Å². The van der Waals surface area contributed by atoms with Gasteiger partial charge in [0.2, 0.25) is 0 Å². The molecule has 1 saturated heterocycles. The molecule has 0 radical (unpaired) electrons. The second-order valence-corrected chi connectivity index (χ2v) is 4.78. The Balaban J connectivity index is 2.18. The molecule has 3 nitrogen and oxygen atoms in total. The van der Waals surface area contributed by atoms with E-state index in [4.69, 9.17) is 4.74 Å². The van der Waals surface area contributed by atoms with Crippen LogP contribution >= 0.6 is 15.9 Å². The topological polar surface area (TPSA) is 29.5 Å². The normalized spacial score (nSPS) is 20.1. The first kappa shape index (κ1) is 11.6. The van der Waals surface area contributed by atoms with Crippen LogP contribution in [0.2, 0.25) is 0 Å². The molecule has 4 heteroatoms. The maximum Gasteiger partial charge on any atom is 0.150 e. The fourth-order valence-corrected chi connectivity index (χ4v) is 2.64. The van der Waals surface area contributed by atoms with E-state index in [1.807, 2.05) is 18.2 Å². The average molecular weight is 284 g/mol. The van der Waals surface area contributed by atoms with Gasteiger partial charge >= 0.3 is 0 Å². The molecule has 0 saturated carbocycles. The van der Waals surface area contributed by atoms with Crippen LogP contribution in [0, 0.1) is 0 Å². The smallest absolute Gasteiger partial charge is 0.150 e. The Labute approximate surface area is 104 Å². The number of benzene rings is 1. The van der Waals surface area contributed by atoms with E-state index >= 15 is 0 Å². The first-order valence-corrected chi connectivity index (χ1v) is 6.06. The van der Waals surface area contributed by atoms with E-state index in [2.05, 4.69) is 20.8 Å². The number of halogens is 1. The van der Waals surface area contributed by atoms with Gasteiger partial charge in [0.15, 0.2) is 0 Å². The van der Waals surface area contributed by atoms with Gasteiger partial charge in [-0.05, 0) is 40.5 Å². The van der Waals surface area contributed by atoms with Crippen LogP contribution in [0.5, 0.6) is 0 Å². The molecule has 1 fully saturated rings. The van der Waals surface area contributed by atoms with E-state index < -0.39 is 0 Å². The van der Waals surface area contributed by atoms with Gasteiger partial charge in [0, 0.05) is 30.2 Å². The molecule has 0 amide bonds. The van der Waals surface area contributed by atoms with Crippen LogP contribution in [-0.2, 0) is 4.74 Å². The summed E-state index contributed by atoms with van der Waals surface area (Å²) in [5, 5.41) is 0. The molecule has 1 unspecified atom stereocenters. The summed E-state index contributed by atoms with van der Waals surface area (Å²) in [5.41, 5.74) is 1.82. The molecule has 1 heterocycles. The first-order valence-electron chi connectivity index (χ1n) is 5.27. The Hall–Kier alpha value is -0.870. The minimum absolute atomic E-state index is 0.317. The highest BCUT2D eigenvalue weighted by molar-refractivity contribution is 9.10. The molecular weight excluding hydrogens is 270 g/mol. The number of hydrogen-bond donors (Lipinski definition) is 0. The summed E-state index contributed by atoms with van der Waals surface area (Å²) in [6.45, 7) is 1.91. The van der Waals surface area contributed by atoms with E-state index in [1.54, 1.807) is 7.11 Å². The summed E-state index contributed by atoms with van der Waals surface area (Å²) in [6.07, 6.45) is 2.23. The van der Waals surface area contributed by atoms with Crippen LogP contribution < -0.4 is 4.90 Å². The maximum absolute atomic E-state index is 10.6. The van der Waals surface area contributed by atoms with Gasteiger partial charge in [-0.15, -0.1) is 0 Å². The lowest BCUT2D eigenvalue weighted by Gasteiger charge is -2.20. The Morgan fingerprint density at radius 2 is 2.38 bits per heavy atom. The summed E-state index contributed by atoms with van der Waals surface area (Å²) < 4.78 is 6.30. The van der Waals surface area contributed by atoms with Gasteiger partial charge in [0.1, 0.15) is 6.29 Å². The Bertz CT molecular complexity index is 395. The van der Waals surface area contributed by atoms with Crippen molar-refractivity contribution in [3.8, 4) is 0 Å². The molecule has 1 aliphatic rings. The molecule has 0 bridgehead atoms. The van der Waals surface area contributed by atoms with Crippen LogP contribution in [-0.4, -0.2) is 32.6 Å². The van der Waals surface area contributed by atoms with Gasteiger partial charge in [-0.1, -0.05) is 0 Å². The molecule has 0 aromatic heterocycles. The second-order valence-electron chi connectivity index (χ2n) is 3.92. The fourth-order valence-electron chi connectivity index (χ4n) is 1.99. The molecule has 0 spiro atoms. The zero-order chi connectivity index (χ0) is 11.5. The molecule has 86 valence electrons. The Morgan fingerprint density at radius 3 is 2.94 bits per heavy atom. The molecule has 1 aromatic rings. The lowest BCUT2D eigenvalue weighted by atomic mass is 10.2. The minimum atomic E-state index is 0.317. The third kappa shape index (κ3) is 2.28. The van der Waals surface area contributed by atoms with Crippen molar-refractivity contribution in [2.75, 3.05) is 25.1 Å². The van der Waals surface area contributed by atoms with Crippen molar-refractivity contribution in [2.24, 2.45) is 0 Å². The minimum Gasteiger partial charge on any atom is -0.380 e. The van der Waals surface area contributed by atoms with Crippen molar-refractivity contribution >= 4 is 27.9 Å². The van der Waals surface area contributed by atoms with Crippen LogP contribution in [0.25, 0.3) is 0 Å². The Kier molecular flexibility index (Phi) is 3.61. The number of carbonyl (C=O) groups is 1. The molecule has 16 heavy (non-hydrogen) atoms.